The van der Waals surface area contributed by atoms with Crippen LogP contribution >= 0.6 is 0 Å². The van der Waals surface area contributed by atoms with E-state index in [-0.39, 0.29) is 6.61 Å². The number of aromatic nitrogens is 1. The van der Waals surface area contributed by atoms with Crippen LogP contribution in [0.25, 0.3) is 10.9 Å². The number of hydrogen-bond acceptors (Lipinski definition) is 1. The quantitative estimate of drug-likeness (QED) is 0.671. The molecule has 0 aliphatic heterocycles. The van der Waals surface area contributed by atoms with E-state index in [1.807, 2.05) is 36.0 Å². The summed E-state index contributed by atoms with van der Waals surface area (Å²) >= 11 is 0. The Morgan fingerprint density at radius 3 is 3.17 bits per heavy atom. The van der Waals surface area contributed by atoms with Crippen LogP contribution in [0.5, 0.6) is 0 Å². The maximum absolute atomic E-state index is 9.02. The molecule has 2 rings (SSSR count). The van der Waals surface area contributed by atoms with Gasteiger partial charge in [0.1, 0.15) is 0 Å². The van der Waals surface area contributed by atoms with Crippen LogP contribution in [0, 0.1) is 6.07 Å². The van der Waals surface area contributed by atoms with Crippen molar-refractivity contribution in [2.24, 2.45) is 7.05 Å². The topological polar surface area (TPSA) is 25.2 Å². The van der Waals surface area contributed by atoms with Crippen molar-refractivity contribution in [2.45, 2.75) is 6.61 Å². The maximum Gasteiger partial charge on any atom is 0.0702 e. The Morgan fingerprint density at radius 2 is 2.42 bits per heavy atom. The summed E-state index contributed by atoms with van der Waals surface area (Å²) in [6.07, 6.45) is 1.94. The van der Waals surface area contributed by atoms with Gasteiger partial charge in [-0.3, -0.25) is 0 Å². The Morgan fingerprint density at radius 1 is 1.58 bits per heavy atom. The third-order valence-corrected chi connectivity index (χ3v) is 2.09. The smallest absolute Gasteiger partial charge is 0.0702 e. The Kier molecular flexibility index (Phi) is 1.62. The molecule has 1 aromatic heterocycles. The van der Waals surface area contributed by atoms with E-state index in [9.17, 15) is 0 Å². The first-order valence-corrected chi connectivity index (χ1v) is 3.88. The van der Waals surface area contributed by atoms with E-state index in [4.69, 9.17) is 5.11 Å². The third-order valence-electron chi connectivity index (χ3n) is 2.09. The fourth-order valence-electron chi connectivity index (χ4n) is 1.49. The Bertz CT molecular complexity index is 403. The Labute approximate surface area is 71.1 Å². The molecule has 0 aliphatic carbocycles. The van der Waals surface area contributed by atoms with Crippen LogP contribution in [-0.4, -0.2) is 9.67 Å². The number of rotatable bonds is 1. The lowest BCUT2D eigenvalue weighted by molar-refractivity contribution is 0.283. The SMILES string of the molecule is Cn1cc(CO)c2c[c]ccc21. The van der Waals surface area contributed by atoms with Crippen molar-refractivity contribution >= 4 is 10.9 Å². The highest BCUT2D eigenvalue weighted by Crippen LogP contribution is 2.19. The average molecular weight is 160 g/mol. The highest BCUT2D eigenvalue weighted by molar-refractivity contribution is 5.83. The summed E-state index contributed by atoms with van der Waals surface area (Å²) in [6.45, 7) is 0.0925. The van der Waals surface area contributed by atoms with Gasteiger partial charge < -0.3 is 9.67 Å². The van der Waals surface area contributed by atoms with Crippen molar-refractivity contribution in [3.05, 3.63) is 36.0 Å². The number of fused-ring (bicyclic) bond motifs is 1. The summed E-state index contributed by atoms with van der Waals surface area (Å²) in [7, 11) is 1.97. The van der Waals surface area contributed by atoms with Gasteiger partial charge in [0.15, 0.2) is 0 Å². The van der Waals surface area contributed by atoms with Gasteiger partial charge in [0.2, 0.25) is 0 Å². The molecule has 2 heteroatoms. The zero-order valence-corrected chi connectivity index (χ0v) is 6.91. The zero-order chi connectivity index (χ0) is 8.55. The second-order valence-electron chi connectivity index (χ2n) is 2.87. The van der Waals surface area contributed by atoms with E-state index in [0.29, 0.717) is 0 Å². The molecular weight excluding hydrogens is 150 g/mol. The molecule has 1 heterocycles. The highest BCUT2D eigenvalue weighted by atomic mass is 16.3. The lowest BCUT2D eigenvalue weighted by atomic mass is 10.2. The number of benzene rings is 1. The Hall–Kier alpha value is -1.28. The number of hydrogen-bond donors (Lipinski definition) is 1. The summed E-state index contributed by atoms with van der Waals surface area (Å²) in [5.41, 5.74) is 2.10. The molecule has 0 fully saturated rings. The van der Waals surface area contributed by atoms with E-state index in [2.05, 4.69) is 6.07 Å². The summed E-state index contributed by atoms with van der Waals surface area (Å²) in [5, 5.41) is 10.1. The number of nitrogens with zero attached hydrogens (tertiary/aromatic N) is 1. The first kappa shape index (κ1) is 7.37. The van der Waals surface area contributed by atoms with Crippen LogP contribution in [0.4, 0.5) is 0 Å². The van der Waals surface area contributed by atoms with Crippen molar-refractivity contribution in [3.63, 3.8) is 0 Å². The molecule has 0 saturated heterocycles. The molecule has 12 heavy (non-hydrogen) atoms. The molecule has 61 valence electrons. The first-order chi connectivity index (χ1) is 5.83. The molecule has 0 bridgehead atoms. The fourth-order valence-corrected chi connectivity index (χ4v) is 1.49. The molecule has 0 saturated carbocycles. The molecule has 0 amide bonds. The van der Waals surface area contributed by atoms with Crippen molar-refractivity contribution in [2.75, 3.05) is 0 Å². The van der Waals surface area contributed by atoms with E-state index in [1.54, 1.807) is 0 Å². The van der Waals surface area contributed by atoms with Gasteiger partial charge >= 0.3 is 0 Å². The Balaban J connectivity index is 2.82. The van der Waals surface area contributed by atoms with Gasteiger partial charge in [-0.2, -0.15) is 0 Å². The maximum atomic E-state index is 9.02. The zero-order valence-electron chi connectivity index (χ0n) is 6.91. The predicted molar refractivity (Wildman–Crippen MR) is 47.7 cm³/mol. The molecular formula is C10H10NO. The standard InChI is InChI=1S/C10H10NO/c1-11-6-8(7-12)9-4-2-3-5-10(9)11/h3-6,12H,7H2,1H3. The molecule has 0 atom stereocenters. The minimum absolute atomic E-state index is 0.0925. The lowest BCUT2D eigenvalue weighted by Gasteiger charge is -1.92. The van der Waals surface area contributed by atoms with Gasteiger partial charge in [-0.25, -0.2) is 0 Å². The van der Waals surface area contributed by atoms with Crippen LogP contribution in [0.2, 0.25) is 0 Å². The second-order valence-corrected chi connectivity index (χ2v) is 2.87. The minimum atomic E-state index is 0.0925. The van der Waals surface area contributed by atoms with Crippen LogP contribution < -0.4 is 0 Å². The van der Waals surface area contributed by atoms with Crippen molar-refractivity contribution in [1.29, 1.82) is 0 Å². The molecule has 2 aromatic rings. The first-order valence-electron chi connectivity index (χ1n) is 3.88. The molecule has 0 spiro atoms. The normalized spacial score (nSPS) is 10.8. The monoisotopic (exact) mass is 160 g/mol. The van der Waals surface area contributed by atoms with Crippen molar-refractivity contribution < 1.29 is 5.11 Å². The van der Waals surface area contributed by atoms with Gasteiger partial charge in [0.05, 0.1) is 6.61 Å². The molecule has 1 aromatic carbocycles. The van der Waals surface area contributed by atoms with Crippen molar-refractivity contribution in [1.82, 2.24) is 4.57 Å². The van der Waals surface area contributed by atoms with Gasteiger partial charge in [-0.05, 0) is 18.2 Å². The van der Waals surface area contributed by atoms with E-state index in [1.165, 1.54) is 0 Å². The summed E-state index contributed by atoms with van der Waals surface area (Å²) in [6, 6.07) is 8.78. The van der Waals surface area contributed by atoms with Gasteiger partial charge in [-0.1, -0.05) is 6.07 Å². The van der Waals surface area contributed by atoms with Gasteiger partial charge in [-0.15, -0.1) is 0 Å². The second kappa shape index (κ2) is 2.64. The highest BCUT2D eigenvalue weighted by Gasteiger charge is 2.02. The summed E-state index contributed by atoms with van der Waals surface area (Å²) in [5.74, 6) is 0. The van der Waals surface area contributed by atoms with E-state index < -0.39 is 0 Å². The minimum Gasteiger partial charge on any atom is -0.392 e. The van der Waals surface area contributed by atoms with Crippen LogP contribution in [0.15, 0.2) is 24.4 Å². The van der Waals surface area contributed by atoms with Crippen LogP contribution in [-0.2, 0) is 13.7 Å². The third kappa shape index (κ3) is 0.924. The molecule has 1 radical (unpaired) electrons. The van der Waals surface area contributed by atoms with Crippen LogP contribution in [0.1, 0.15) is 5.56 Å². The molecule has 2 nitrogen and oxygen atoms in total. The molecule has 0 aliphatic rings. The molecule has 1 N–H and O–H groups in total. The van der Waals surface area contributed by atoms with Gasteiger partial charge in [0.25, 0.3) is 0 Å². The predicted octanol–water partition coefficient (Wildman–Crippen LogP) is 1.47. The van der Waals surface area contributed by atoms with E-state index >= 15 is 0 Å². The van der Waals surface area contributed by atoms with Crippen molar-refractivity contribution in [3.8, 4) is 0 Å². The molecule has 0 unspecified atom stereocenters. The number of aliphatic hydroxyl groups is 1. The lowest BCUT2D eigenvalue weighted by Crippen LogP contribution is -1.82. The number of aliphatic hydroxyl groups excluding tert-OH is 1. The summed E-state index contributed by atoms with van der Waals surface area (Å²) in [4.78, 5) is 0. The average Bonchev–Trinajstić information content (AvgIpc) is 2.44. The van der Waals surface area contributed by atoms with Crippen LogP contribution in [0.3, 0.4) is 0 Å². The van der Waals surface area contributed by atoms with Gasteiger partial charge in [0, 0.05) is 29.7 Å². The fraction of sp³-hybridized carbons (Fsp3) is 0.200. The summed E-state index contributed by atoms with van der Waals surface area (Å²) < 4.78 is 2.01. The number of aryl methyl sites for hydroxylation is 1. The van der Waals surface area contributed by atoms with E-state index in [0.717, 1.165) is 16.5 Å². The largest absolute Gasteiger partial charge is 0.392 e.